The molecule has 1 atom stereocenters. The standard InChI is InChI=1S/C19H31NO4/c1-18(2)10-14(21)11-19(3,4)20(18)12-15(22)13-24-17-9-7-6-8-16(17)23-5/h6-9,14-15,21-22H,10-13H2,1-5H3/t15-/m0/s1. The molecule has 1 aromatic rings. The van der Waals surface area contributed by atoms with E-state index < -0.39 is 6.10 Å². The van der Waals surface area contributed by atoms with Crippen molar-refractivity contribution in [3.63, 3.8) is 0 Å². The van der Waals surface area contributed by atoms with E-state index >= 15 is 0 Å². The van der Waals surface area contributed by atoms with Gasteiger partial charge < -0.3 is 19.7 Å². The van der Waals surface area contributed by atoms with Crippen molar-refractivity contribution in [3.8, 4) is 11.5 Å². The Hall–Kier alpha value is -1.30. The molecule has 1 aromatic carbocycles. The topological polar surface area (TPSA) is 62.2 Å². The maximum absolute atomic E-state index is 10.5. The Morgan fingerprint density at radius 2 is 1.67 bits per heavy atom. The smallest absolute Gasteiger partial charge is 0.161 e. The largest absolute Gasteiger partial charge is 0.493 e. The molecule has 5 nitrogen and oxygen atoms in total. The molecule has 0 amide bonds. The number of hydrogen-bond acceptors (Lipinski definition) is 5. The van der Waals surface area contributed by atoms with E-state index in [4.69, 9.17) is 9.47 Å². The summed E-state index contributed by atoms with van der Waals surface area (Å²) in [5, 5.41) is 20.6. The van der Waals surface area contributed by atoms with Gasteiger partial charge in [0.15, 0.2) is 11.5 Å². The van der Waals surface area contributed by atoms with Gasteiger partial charge >= 0.3 is 0 Å². The minimum Gasteiger partial charge on any atom is -0.493 e. The van der Waals surface area contributed by atoms with Crippen LogP contribution in [0.1, 0.15) is 40.5 Å². The predicted octanol–water partition coefficient (Wildman–Crippen LogP) is 2.45. The fourth-order valence-electron chi connectivity index (χ4n) is 3.95. The second-order valence-corrected chi connectivity index (χ2v) is 7.91. The minimum absolute atomic E-state index is 0.174. The van der Waals surface area contributed by atoms with Crippen molar-refractivity contribution in [2.24, 2.45) is 0 Å². The second kappa shape index (κ2) is 7.30. The normalized spacial score (nSPS) is 22.1. The molecule has 0 bridgehead atoms. The Bertz CT molecular complexity index is 526. The van der Waals surface area contributed by atoms with Gasteiger partial charge in [-0.05, 0) is 52.7 Å². The second-order valence-electron chi connectivity index (χ2n) is 7.91. The van der Waals surface area contributed by atoms with E-state index in [1.165, 1.54) is 0 Å². The van der Waals surface area contributed by atoms with Crippen molar-refractivity contribution in [3.05, 3.63) is 24.3 Å². The maximum atomic E-state index is 10.5. The van der Waals surface area contributed by atoms with Gasteiger partial charge in [0.25, 0.3) is 0 Å². The lowest BCUT2D eigenvalue weighted by molar-refractivity contribution is -0.100. The zero-order valence-corrected chi connectivity index (χ0v) is 15.5. The van der Waals surface area contributed by atoms with Crippen LogP contribution in [0.5, 0.6) is 11.5 Å². The van der Waals surface area contributed by atoms with E-state index in [0.717, 1.165) is 0 Å². The lowest BCUT2D eigenvalue weighted by Gasteiger charge is -2.54. The molecule has 0 aliphatic carbocycles. The quantitative estimate of drug-likeness (QED) is 0.835. The number of aliphatic hydroxyl groups excluding tert-OH is 2. The highest BCUT2D eigenvalue weighted by molar-refractivity contribution is 5.39. The summed E-state index contributed by atoms with van der Waals surface area (Å²) in [4.78, 5) is 2.28. The molecular formula is C19H31NO4. The van der Waals surface area contributed by atoms with Gasteiger partial charge in [-0.25, -0.2) is 0 Å². The Morgan fingerprint density at radius 3 is 2.21 bits per heavy atom. The fourth-order valence-corrected chi connectivity index (χ4v) is 3.95. The molecule has 1 saturated heterocycles. The van der Waals surface area contributed by atoms with Crippen LogP contribution in [0.4, 0.5) is 0 Å². The van der Waals surface area contributed by atoms with E-state index in [9.17, 15) is 10.2 Å². The molecule has 1 aliphatic heterocycles. The third-order valence-corrected chi connectivity index (χ3v) is 4.83. The van der Waals surface area contributed by atoms with Crippen LogP contribution in [0.25, 0.3) is 0 Å². The van der Waals surface area contributed by atoms with Crippen LogP contribution in [-0.2, 0) is 0 Å². The lowest BCUT2D eigenvalue weighted by Crippen LogP contribution is -2.63. The number of rotatable bonds is 6. The molecule has 0 unspecified atom stereocenters. The summed E-state index contributed by atoms with van der Waals surface area (Å²) >= 11 is 0. The zero-order chi connectivity index (χ0) is 18.0. The molecule has 24 heavy (non-hydrogen) atoms. The zero-order valence-electron chi connectivity index (χ0n) is 15.5. The molecule has 1 fully saturated rings. The van der Waals surface area contributed by atoms with Crippen molar-refractivity contribution in [1.29, 1.82) is 0 Å². The van der Waals surface area contributed by atoms with Gasteiger partial charge in [-0.15, -0.1) is 0 Å². The summed E-state index contributed by atoms with van der Waals surface area (Å²) in [7, 11) is 1.60. The predicted molar refractivity (Wildman–Crippen MR) is 94.6 cm³/mol. The Balaban J connectivity index is 1.99. The van der Waals surface area contributed by atoms with Gasteiger partial charge in [0.2, 0.25) is 0 Å². The summed E-state index contributed by atoms with van der Waals surface area (Å²) in [6, 6.07) is 7.42. The van der Waals surface area contributed by atoms with Crippen molar-refractivity contribution in [2.45, 2.75) is 63.8 Å². The van der Waals surface area contributed by atoms with Gasteiger partial charge in [-0.2, -0.15) is 0 Å². The molecule has 0 spiro atoms. The van der Waals surface area contributed by atoms with Crippen molar-refractivity contribution >= 4 is 0 Å². The number of benzene rings is 1. The summed E-state index contributed by atoms with van der Waals surface area (Å²) in [5.74, 6) is 1.29. The van der Waals surface area contributed by atoms with Crippen LogP contribution >= 0.6 is 0 Å². The molecule has 0 aromatic heterocycles. The molecule has 2 N–H and O–H groups in total. The first-order valence-corrected chi connectivity index (χ1v) is 8.55. The number of aliphatic hydroxyl groups is 2. The molecule has 2 rings (SSSR count). The first-order chi connectivity index (χ1) is 11.2. The number of nitrogens with zero attached hydrogens (tertiary/aromatic N) is 1. The van der Waals surface area contributed by atoms with Crippen LogP contribution in [0.2, 0.25) is 0 Å². The number of ether oxygens (including phenoxy) is 2. The molecule has 5 heteroatoms. The average molecular weight is 337 g/mol. The van der Waals surface area contributed by atoms with E-state index in [1.54, 1.807) is 7.11 Å². The fraction of sp³-hybridized carbons (Fsp3) is 0.684. The monoisotopic (exact) mass is 337 g/mol. The van der Waals surface area contributed by atoms with Crippen LogP contribution in [0, 0.1) is 0 Å². The van der Waals surface area contributed by atoms with Gasteiger partial charge in [0, 0.05) is 17.6 Å². The first-order valence-electron chi connectivity index (χ1n) is 8.55. The molecule has 136 valence electrons. The third-order valence-electron chi connectivity index (χ3n) is 4.83. The van der Waals surface area contributed by atoms with Gasteiger partial charge in [-0.1, -0.05) is 12.1 Å². The molecule has 1 heterocycles. The van der Waals surface area contributed by atoms with Crippen LogP contribution in [-0.4, -0.2) is 58.7 Å². The SMILES string of the molecule is COc1ccccc1OC[C@@H](O)CN1C(C)(C)CC(O)CC1(C)C. The molecule has 1 aliphatic rings. The highest BCUT2D eigenvalue weighted by atomic mass is 16.5. The highest BCUT2D eigenvalue weighted by Crippen LogP contribution is 2.38. The molecular weight excluding hydrogens is 306 g/mol. The minimum atomic E-state index is -0.622. The van der Waals surface area contributed by atoms with Gasteiger partial charge in [0.05, 0.1) is 13.2 Å². The van der Waals surface area contributed by atoms with Gasteiger partial charge in [-0.3, -0.25) is 4.90 Å². The van der Waals surface area contributed by atoms with Crippen LogP contribution in [0.15, 0.2) is 24.3 Å². The maximum Gasteiger partial charge on any atom is 0.161 e. The first kappa shape index (κ1) is 19.0. The molecule has 0 saturated carbocycles. The molecule has 0 radical (unpaired) electrons. The van der Waals surface area contributed by atoms with E-state index in [1.807, 2.05) is 24.3 Å². The van der Waals surface area contributed by atoms with Crippen molar-refractivity contribution in [1.82, 2.24) is 4.90 Å². The van der Waals surface area contributed by atoms with Crippen LogP contribution < -0.4 is 9.47 Å². The van der Waals surface area contributed by atoms with Gasteiger partial charge in [0.1, 0.15) is 12.7 Å². The number of piperidine rings is 1. The van der Waals surface area contributed by atoms with Crippen molar-refractivity contribution in [2.75, 3.05) is 20.3 Å². The summed E-state index contributed by atoms with van der Waals surface area (Å²) in [6.45, 7) is 9.17. The number of hydrogen-bond donors (Lipinski definition) is 2. The number of likely N-dealkylation sites (tertiary alicyclic amines) is 1. The van der Waals surface area contributed by atoms with Crippen molar-refractivity contribution < 1.29 is 19.7 Å². The lowest BCUT2D eigenvalue weighted by atomic mass is 9.78. The Morgan fingerprint density at radius 1 is 1.12 bits per heavy atom. The number of para-hydroxylation sites is 2. The van der Waals surface area contributed by atoms with E-state index in [0.29, 0.717) is 30.9 Å². The van der Waals surface area contributed by atoms with E-state index in [-0.39, 0.29) is 23.8 Å². The highest BCUT2D eigenvalue weighted by Gasteiger charge is 2.45. The summed E-state index contributed by atoms with van der Waals surface area (Å²) < 4.78 is 11.0. The average Bonchev–Trinajstić information content (AvgIpc) is 2.48. The Kier molecular flexibility index (Phi) is 5.78. The Labute approximate surface area is 145 Å². The summed E-state index contributed by atoms with van der Waals surface area (Å²) in [5.41, 5.74) is -0.348. The third kappa shape index (κ3) is 4.41. The van der Waals surface area contributed by atoms with Crippen LogP contribution in [0.3, 0.4) is 0 Å². The number of methoxy groups -OCH3 is 1. The number of β-amino-alcohol motifs (C(OH)–C–C–N with tert-alkyl or cyclic N) is 1. The van der Waals surface area contributed by atoms with E-state index in [2.05, 4.69) is 32.6 Å². The summed E-state index contributed by atoms with van der Waals surface area (Å²) in [6.07, 6.45) is 0.490.